The quantitative estimate of drug-likeness (QED) is 0.269. The second-order valence-corrected chi connectivity index (χ2v) is 10.1. The summed E-state index contributed by atoms with van der Waals surface area (Å²) < 4.78 is 36.5. The third kappa shape index (κ3) is 8.07. The van der Waals surface area contributed by atoms with Crippen LogP contribution in [0.1, 0.15) is 18.1 Å². The van der Waals surface area contributed by atoms with Gasteiger partial charge in [0.25, 0.3) is 11.8 Å². The molecule has 2 amide bonds. The number of nitrogens with zero attached hydrogens (tertiary/aromatic N) is 2. The van der Waals surface area contributed by atoms with Crippen LogP contribution in [0.4, 0.5) is 11.4 Å². The Morgan fingerprint density at radius 3 is 2.34 bits per heavy atom. The average molecular weight is 539 g/mol. The molecule has 38 heavy (non-hydrogen) atoms. The monoisotopic (exact) mass is 538 g/mol. The number of nitrogens with one attached hydrogen (secondary N) is 2. The SMILES string of the molecule is CCc1ccccc1N(CC(=O)N/N=C\c1ccc(OCC(=O)Nc2ccccc2OC)cc1)S(C)(=O)=O. The Morgan fingerprint density at radius 2 is 1.66 bits per heavy atom. The van der Waals surface area contributed by atoms with E-state index in [1.165, 1.54) is 13.3 Å². The fourth-order valence-corrected chi connectivity index (χ4v) is 4.40. The van der Waals surface area contributed by atoms with Gasteiger partial charge in [-0.1, -0.05) is 37.3 Å². The molecule has 10 nitrogen and oxygen atoms in total. The molecule has 0 radical (unpaired) electrons. The molecule has 2 N–H and O–H groups in total. The summed E-state index contributed by atoms with van der Waals surface area (Å²) in [5, 5.41) is 6.65. The number of sulfonamides is 1. The predicted molar refractivity (Wildman–Crippen MR) is 147 cm³/mol. The lowest BCUT2D eigenvalue weighted by Gasteiger charge is -2.23. The maximum atomic E-state index is 12.4. The second kappa shape index (κ2) is 13.2. The molecule has 0 aromatic heterocycles. The molecule has 11 heteroatoms. The Morgan fingerprint density at radius 1 is 0.974 bits per heavy atom. The number of amides is 2. The van der Waals surface area contributed by atoms with E-state index < -0.39 is 22.5 Å². The number of anilines is 2. The number of hydrazone groups is 1. The van der Waals surface area contributed by atoms with Crippen molar-refractivity contribution in [1.29, 1.82) is 0 Å². The summed E-state index contributed by atoms with van der Waals surface area (Å²) >= 11 is 0. The number of benzene rings is 3. The molecule has 0 spiro atoms. The van der Waals surface area contributed by atoms with Crippen LogP contribution in [0.5, 0.6) is 11.5 Å². The van der Waals surface area contributed by atoms with Gasteiger partial charge in [-0.2, -0.15) is 5.10 Å². The molecule has 0 heterocycles. The van der Waals surface area contributed by atoms with Crippen molar-refractivity contribution >= 4 is 39.4 Å². The van der Waals surface area contributed by atoms with Crippen molar-refractivity contribution in [3.8, 4) is 11.5 Å². The number of carbonyl (C=O) groups is 2. The van der Waals surface area contributed by atoms with Crippen molar-refractivity contribution in [2.45, 2.75) is 13.3 Å². The molecule has 3 aromatic carbocycles. The van der Waals surface area contributed by atoms with Crippen LogP contribution in [0.2, 0.25) is 0 Å². The van der Waals surface area contributed by atoms with Crippen molar-refractivity contribution in [2.75, 3.05) is 36.1 Å². The molecule has 3 rings (SSSR count). The molecule has 0 fully saturated rings. The topological polar surface area (TPSA) is 126 Å². The summed E-state index contributed by atoms with van der Waals surface area (Å²) in [5.74, 6) is 0.0947. The fraction of sp³-hybridized carbons (Fsp3) is 0.222. The number of hydrogen-bond donors (Lipinski definition) is 2. The van der Waals surface area contributed by atoms with E-state index in [1.807, 2.05) is 19.1 Å². The zero-order valence-corrected chi connectivity index (χ0v) is 22.2. The molecule has 0 aliphatic rings. The van der Waals surface area contributed by atoms with Crippen molar-refractivity contribution in [3.05, 3.63) is 83.9 Å². The maximum Gasteiger partial charge on any atom is 0.262 e. The van der Waals surface area contributed by atoms with E-state index in [0.29, 0.717) is 34.9 Å². The molecule has 0 saturated carbocycles. The highest BCUT2D eigenvalue weighted by Crippen LogP contribution is 2.24. The zero-order valence-electron chi connectivity index (χ0n) is 21.4. The lowest BCUT2D eigenvalue weighted by Crippen LogP contribution is -2.39. The Bertz CT molecular complexity index is 1390. The summed E-state index contributed by atoms with van der Waals surface area (Å²) in [6.45, 7) is 1.31. The largest absolute Gasteiger partial charge is 0.495 e. The Labute approximate surface area is 222 Å². The standard InChI is InChI=1S/C27H30N4O6S/c1-4-21-9-5-7-11-24(21)31(38(3,34)35)18-26(32)30-28-17-20-13-15-22(16-14-20)37-19-27(33)29-23-10-6-8-12-25(23)36-2/h5-17H,4,18-19H2,1-3H3,(H,29,33)(H,30,32)/b28-17-. The molecular weight excluding hydrogens is 508 g/mol. The van der Waals surface area contributed by atoms with Crippen LogP contribution in [0.3, 0.4) is 0 Å². The van der Waals surface area contributed by atoms with Crippen LogP contribution in [0.25, 0.3) is 0 Å². The number of para-hydroxylation sites is 3. The zero-order chi connectivity index (χ0) is 27.5. The first kappa shape index (κ1) is 28.2. The molecule has 0 aliphatic carbocycles. The molecular formula is C27H30N4O6S. The van der Waals surface area contributed by atoms with Crippen molar-refractivity contribution in [3.63, 3.8) is 0 Å². The van der Waals surface area contributed by atoms with Gasteiger partial charge in [-0.15, -0.1) is 0 Å². The molecule has 0 unspecified atom stereocenters. The lowest BCUT2D eigenvalue weighted by molar-refractivity contribution is -0.119. The molecule has 3 aromatic rings. The minimum atomic E-state index is -3.69. The van der Waals surface area contributed by atoms with Crippen molar-refractivity contribution < 1.29 is 27.5 Å². The van der Waals surface area contributed by atoms with Crippen LogP contribution < -0.4 is 24.5 Å². The highest BCUT2D eigenvalue weighted by molar-refractivity contribution is 7.92. The normalized spacial score (nSPS) is 11.1. The lowest BCUT2D eigenvalue weighted by atomic mass is 10.1. The van der Waals surface area contributed by atoms with E-state index in [-0.39, 0.29) is 12.5 Å². The van der Waals surface area contributed by atoms with Crippen LogP contribution in [-0.4, -0.2) is 53.0 Å². The van der Waals surface area contributed by atoms with Crippen LogP contribution in [-0.2, 0) is 26.0 Å². The summed E-state index contributed by atoms with van der Waals surface area (Å²) in [6, 6.07) is 20.8. The molecule has 0 aliphatic heterocycles. The molecule has 0 bridgehead atoms. The summed E-state index contributed by atoms with van der Waals surface area (Å²) in [4.78, 5) is 24.6. The van der Waals surface area contributed by atoms with Gasteiger partial charge in [0.2, 0.25) is 10.0 Å². The van der Waals surface area contributed by atoms with Crippen LogP contribution in [0, 0.1) is 0 Å². The minimum absolute atomic E-state index is 0.195. The van der Waals surface area contributed by atoms with E-state index >= 15 is 0 Å². The fourth-order valence-electron chi connectivity index (χ4n) is 3.51. The summed E-state index contributed by atoms with van der Waals surface area (Å²) in [5.41, 5.74) is 4.84. The van der Waals surface area contributed by atoms with E-state index in [0.717, 1.165) is 16.1 Å². The van der Waals surface area contributed by atoms with Gasteiger partial charge in [0.1, 0.15) is 18.0 Å². The number of carbonyl (C=O) groups excluding carboxylic acids is 2. The number of ether oxygens (including phenoxy) is 2. The van der Waals surface area contributed by atoms with Crippen LogP contribution in [0.15, 0.2) is 77.9 Å². The Hall–Kier alpha value is -4.38. The Kier molecular flexibility index (Phi) is 9.83. The number of hydrogen-bond acceptors (Lipinski definition) is 7. The average Bonchev–Trinajstić information content (AvgIpc) is 2.91. The number of methoxy groups -OCH3 is 1. The van der Waals surface area contributed by atoms with E-state index in [4.69, 9.17) is 9.47 Å². The number of aryl methyl sites for hydroxylation is 1. The van der Waals surface area contributed by atoms with E-state index in [9.17, 15) is 18.0 Å². The minimum Gasteiger partial charge on any atom is -0.495 e. The smallest absolute Gasteiger partial charge is 0.262 e. The third-order valence-electron chi connectivity index (χ3n) is 5.36. The van der Waals surface area contributed by atoms with Gasteiger partial charge < -0.3 is 14.8 Å². The maximum absolute atomic E-state index is 12.4. The van der Waals surface area contributed by atoms with E-state index in [1.54, 1.807) is 60.7 Å². The van der Waals surface area contributed by atoms with Gasteiger partial charge in [0.05, 0.1) is 31.0 Å². The van der Waals surface area contributed by atoms with Gasteiger partial charge in [-0.3, -0.25) is 13.9 Å². The van der Waals surface area contributed by atoms with Crippen molar-refractivity contribution in [1.82, 2.24) is 5.43 Å². The first-order valence-corrected chi connectivity index (χ1v) is 13.6. The van der Waals surface area contributed by atoms with Gasteiger partial charge in [-0.05, 0) is 60.0 Å². The summed E-state index contributed by atoms with van der Waals surface area (Å²) in [6.07, 6.45) is 3.09. The number of rotatable bonds is 12. The van der Waals surface area contributed by atoms with Gasteiger partial charge in [-0.25, -0.2) is 13.8 Å². The highest BCUT2D eigenvalue weighted by atomic mass is 32.2. The second-order valence-electron chi connectivity index (χ2n) is 8.15. The Balaban J connectivity index is 1.52. The molecule has 200 valence electrons. The van der Waals surface area contributed by atoms with E-state index in [2.05, 4.69) is 15.8 Å². The first-order valence-electron chi connectivity index (χ1n) is 11.7. The third-order valence-corrected chi connectivity index (χ3v) is 6.49. The van der Waals surface area contributed by atoms with Crippen LogP contribution >= 0.6 is 0 Å². The molecule has 0 saturated heterocycles. The summed E-state index contributed by atoms with van der Waals surface area (Å²) in [7, 11) is -2.17. The predicted octanol–water partition coefficient (Wildman–Crippen LogP) is 3.19. The van der Waals surface area contributed by atoms with Crippen molar-refractivity contribution in [2.24, 2.45) is 5.10 Å². The first-order chi connectivity index (χ1) is 18.2. The highest BCUT2D eigenvalue weighted by Gasteiger charge is 2.22. The van der Waals surface area contributed by atoms with Gasteiger partial charge in [0, 0.05) is 0 Å². The van der Waals surface area contributed by atoms with Gasteiger partial charge in [0.15, 0.2) is 6.61 Å². The molecule has 0 atom stereocenters. The van der Waals surface area contributed by atoms with Gasteiger partial charge >= 0.3 is 0 Å².